The molecule has 3 amide bonds. The molecule has 2 heterocycles. The number of ether oxygens (including phenoxy) is 1. The number of amides is 3. The highest BCUT2D eigenvalue weighted by Crippen LogP contribution is 2.23. The molecule has 1 unspecified atom stereocenters. The Hall–Kier alpha value is -3.36. The zero-order valence-electron chi connectivity index (χ0n) is 18.8. The number of hydrogen-bond donors (Lipinski definition) is 2. The third-order valence-corrected chi connectivity index (χ3v) is 5.76. The van der Waals surface area contributed by atoms with E-state index in [4.69, 9.17) is 4.74 Å². The fourth-order valence-corrected chi connectivity index (χ4v) is 3.90. The van der Waals surface area contributed by atoms with Gasteiger partial charge in [-0.2, -0.15) is 5.10 Å². The van der Waals surface area contributed by atoms with E-state index in [-0.39, 0.29) is 30.2 Å². The van der Waals surface area contributed by atoms with Crippen LogP contribution in [0.4, 0.5) is 0 Å². The fraction of sp³-hybridized carbons (Fsp3) is 0.478. The summed E-state index contributed by atoms with van der Waals surface area (Å²) >= 11 is 0. The number of benzene rings is 1. The van der Waals surface area contributed by atoms with Gasteiger partial charge in [0.2, 0.25) is 11.8 Å². The summed E-state index contributed by atoms with van der Waals surface area (Å²) in [4.78, 5) is 38.6. The summed E-state index contributed by atoms with van der Waals surface area (Å²) in [5.74, 6) is 0.750. The van der Waals surface area contributed by atoms with Crippen molar-refractivity contribution in [2.45, 2.75) is 32.2 Å². The molecule has 0 spiro atoms. The highest BCUT2D eigenvalue weighted by molar-refractivity contribution is 5.93. The lowest BCUT2D eigenvalue weighted by Crippen LogP contribution is -2.43. The number of nitrogens with one attached hydrogen (secondary N) is 2. The number of aryl methyl sites for hydroxylation is 1. The summed E-state index contributed by atoms with van der Waals surface area (Å²) in [7, 11) is 3.37. The van der Waals surface area contributed by atoms with Crippen molar-refractivity contribution in [3.8, 4) is 5.75 Å². The second kappa shape index (κ2) is 10.8. The van der Waals surface area contributed by atoms with Gasteiger partial charge in [0.25, 0.3) is 5.91 Å². The average molecular weight is 442 g/mol. The van der Waals surface area contributed by atoms with Gasteiger partial charge in [0.15, 0.2) is 0 Å². The van der Waals surface area contributed by atoms with Crippen LogP contribution in [0.1, 0.15) is 48.1 Å². The minimum absolute atomic E-state index is 0.0115. The molecule has 32 heavy (non-hydrogen) atoms. The molecule has 1 aromatic heterocycles. The van der Waals surface area contributed by atoms with E-state index < -0.39 is 0 Å². The van der Waals surface area contributed by atoms with E-state index in [1.54, 1.807) is 31.2 Å². The number of piperidine rings is 1. The molecule has 1 aromatic carbocycles. The molecule has 1 aliphatic heterocycles. The summed E-state index contributed by atoms with van der Waals surface area (Å²) < 4.78 is 6.78. The lowest BCUT2D eigenvalue weighted by Gasteiger charge is -2.33. The third-order valence-electron chi connectivity index (χ3n) is 5.76. The van der Waals surface area contributed by atoms with Crippen molar-refractivity contribution in [1.29, 1.82) is 0 Å². The highest BCUT2D eigenvalue weighted by Gasteiger charge is 2.26. The number of carbonyl (C=O) groups excluding carboxylic acids is 3. The van der Waals surface area contributed by atoms with Crippen LogP contribution in [-0.4, -0.2) is 59.1 Å². The second-order valence-electron chi connectivity index (χ2n) is 8.17. The van der Waals surface area contributed by atoms with Crippen molar-refractivity contribution in [3.63, 3.8) is 0 Å². The van der Waals surface area contributed by atoms with Gasteiger partial charge in [0, 0.05) is 39.8 Å². The molecule has 9 heteroatoms. The largest absolute Gasteiger partial charge is 0.497 e. The van der Waals surface area contributed by atoms with E-state index >= 15 is 0 Å². The van der Waals surface area contributed by atoms with Crippen LogP contribution in [0.2, 0.25) is 0 Å². The van der Waals surface area contributed by atoms with Crippen LogP contribution < -0.4 is 15.4 Å². The normalized spacial score (nSPS) is 15.2. The third kappa shape index (κ3) is 6.32. The number of likely N-dealkylation sites (tertiary alicyclic amines) is 1. The van der Waals surface area contributed by atoms with Crippen molar-refractivity contribution in [3.05, 3.63) is 47.8 Å². The molecule has 2 aromatic rings. The Balaban J connectivity index is 1.49. The topological polar surface area (TPSA) is 106 Å². The SMILES string of the molecule is COc1ccc(C(CC(=O)N2CCC(CNC(=O)c3cnn(C)c3)CC2)NC(C)=O)cc1. The number of carbonyl (C=O) groups is 3. The Labute approximate surface area is 188 Å². The van der Waals surface area contributed by atoms with E-state index in [0.29, 0.717) is 31.1 Å². The minimum atomic E-state index is -0.387. The van der Waals surface area contributed by atoms with E-state index in [0.717, 1.165) is 24.2 Å². The number of hydrogen-bond acceptors (Lipinski definition) is 5. The molecule has 172 valence electrons. The van der Waals surface area contributed by atoms with E-state index in [1.807, 2.05) is 29.2 Å². The van der Waals surface area contributed by atoms with Crippen LogP contribution >= 0.6 is 0 Å². The Kier molecular flexibility index (Phi) is 7.86. The smallest absolute Gasteiger partial charge is 0.254 e. The predicted molar refractivity (Wildman–Crippen MR) is 119 cm³/mol. The molecule has 0 radical (unpaired) electrons. The van der Waals surface area contributed by atoms with Gasteiger partial charge in [0.1, 0.15) is 5.75 Å². The van der Waals surface area contributed by atoms with Gasteiger partial charge in [-0.15, -0.1) is 0 Å². The first-order chi connectivity index (χ1) is 15.4. The molecule has 0 bridgehead atoms. The van der Waals surface area contributed by atoms with Crippen LogP contribution in [0.15, 0.2) is 36.7 Å². The number of rotatable bonds is 8. The highest BCUT2D eigenvalue weighted by atomic mass is 16.5. The van der Waals surface area contributed by atoms with Crippen LogP contribution in [-0.2, 0) is 16.6 Å². The maximum atomic E-state index is 12.9. The van der Waals surface area contributed by atoms with Crippen LogP contribution in [0.5, 0.6) is 5.75 Å². The van der Waals surface area contributed by atoms with Gasteiger partial charge in [-0.1, -0.05) is 12.1 Å². The van der Waals surface area contributed by atoms with Crippen LogP contribution in [0, 0.1) is 5.92 Å². The van der Waals surface area contributed by atoms with Crippen molar-refractivity contribution < 1.29 is 19.1 Å². The molecule has 1 fully saturated rings. The van der Waals surface area contributed by atoms with Crippen LogP contribution in [0.25, 0.3) is 0 Å². The molecular weight excluding hydrogens is 410 g/mol. The van der Waals surface area contributed by atoms with Gasteiger partial charge in [-0.05, 0) is 36.5 Å². The van der Waals surface area contributed by atoms with E-state index in [9.17, 15) is 14.4 Å². The summed E-state index contributed by atoms with van der Waals surface area (Å²) in [6, 6.07) is 6.98. The zero-order chi connectivity index (χ0) is 23.1. The Bertz CT molecular complexity index is 932. The molecule has 0 aliphatic carbocycles. The Morgan fingerprint density at radius 2 is 1.88 bits per heavy atom. The van der Waals surface area contributed by atoms with Crippen LogP contribution in [0.3, 0.4) is 0 Å². The first kappa shape index (κ1) is 23.3. The summed E-state index contributed by atoms with van der Waals surface area (Å²) in [5, 5.41) is 9.85. The van der Waals surface area contributed by atoms with Gasteiger partial charge in [-0.3, -0.25) is 19.1 Å². The second-order valence-corrected chi connectivity index (χ2v) is 8.17. The first-order valence-electron chi connectivity index (χ1n) is 10.8. The van der Waals surface area contributed by atoms with Gasteiger partial charge >= 0.3 is 0 Å². The summed E-state index contributed by atoms with van der Waals surface area (Å²) in [6.45, 7) is 3.31. The average Bonchev–Trinajstić information content (AvgIpc) is 3.23. The minimum Gasteiger partial charge on any atom is -0.497 e. The summed E-state index contributed by atoms with van der Waals surface area (Å²) in [5.41, 5.74) is 1.41. The molecular formula is C23H31N5O4. The monoisotopic (exact) mass is 441 g/mol. The van der Waals surface area contributed by atoms with Crippen molar-refractivity contribution in [2.24, 2.45) is 13.0 Å². The van der Waals surface area contributed by atoms with Crippen molar-refractivity contribution in [2.75, 3.05) is 26.7 Å². The van der Waals surface area contributed by atoms with E-state index in [2.05, 4.69) is 15.7 Å². The number of aromatic nitrogens is 2. The molecule has 2 N–H and O–H groups in total. The van der Waals surface area contributed by atoms with Gasteiger partial charge in [0.05, 0.1) is 31.3 Å². The van der Waals surface area contributed by atoms with Crippen molar-refractivity contribution in [1.82, 2.24) is 25.3 Å². The predicted octanol–water partition coefficient (Wildman–Crippen LogP) is 1.66. The Morgan fingerprint density at radius 1 is 1.19 bits per heavy atom. The first-order valence-corrected chi connectivity index (χ1v) is 10.8. The molecule has 1 aliphatic rings. The van der Waals surface area contributed by atoms with Gasteiger partial charge in [-0.25, -0.2) is 0 Å². The molecule has 9 nitrogen and oxygen atoms in total. The standard InChI is InChI=1S/C23H31N5O4/c1-16(29)26-21(18-4-6-20(32-3)7-5-18)12-22(30)28-10-8-17(9-11-28)13-24-23(31)19-14-25-27(2)15-19/h4-7,14-15,17,21H,8-13H2,1-3H3,(H,24,31)(H,26,29). The van der Waals surface area contributed by atoms with Gasteiger partial charge < -0.3 is 20.3 Å². The molecule has 0 saturated carbocycles. The molecule has 1 saturated heterocycles. The lowest BCUT2D eigenvalue weighted by atomic mass is 9.95. The number of methoxy groups -OCH3 is 1. The zero-order valence-corrected chi connectivity index (χ0v) is 18.8. The number of nitrogens with zero attached hydrogens (tertiary/aromatic N) is 3. The Morgan fingerprint density at radius 3 is 2.44 bits per heavy atom. The molecule has 3 rings (SSSR count). The van der Waals surface area contributed by atoms with E-state index in [1.165, 1.54) is 6.92 Å². The quantitative estimate of drug-likeness (QED) is 0.648. The van der Waals surface area contributed by atoms with Crippen molar-refractivity contribution >= 4 is 17.7 Å². The molecule has 1 atom stereocenters. The maximum Gasteiger partial charge on any atom is 0.254 e. The fourth-order valence-electron chi connectivity index (χ4n) is 3.90. The maximum absolute atomic E-state index is 12.9. The summed E-state index contributed by atoms with van der Waals surface area (Å²) in [6.07, 6.45) is 5.09. The lowest BCUT2D eigenvalue weighted by molar-refractivity contribution is -0.133.